The van der Waals surface area contributed by atoms with Crippen LogP contribution in [-0.2, 0) is 5.75 Å². The highest BCUT2D eigenvalue weighted by Gasteiger charge is 2.12. The predicted molar refractivity (Wildman–Crippen MR) is 93.8 cm³/mol. The van der Waals surface area contributed by atoms with E-state index in [-0.39, 0.29) is 0 Å². The van der Waals surface area contributed by atoms with Crippen LogP contribution in [0.1, 0.15) is 5.89 Å². The Morgan fingerprint density at radius 1 is 1.12 bits per heavy atom. The molecule has 6 nitrogen and oxygen atoms in total. The molecule has 4 rings (SSSR count). The molecule has 0 radical (unpaired) electrons. The number of furan rings is 1. The molecular weight excluding hydrogens is 364 g/mol. The maximum Gasteiger partial charge on any atom is 0.283 e. The molecule has 0 saturated heterocycles. The van der Waals surface area contributed by atoms with Gasteiger partial charge in [-0.25, -0.2) is 4.68 Å². The Labute approximate surface area is 150 Å². The van der Waals surface area contributed by atoms with Gasteiger partial charge < -0.3 is 8.83 Å². The fraction of sp³-hybridized carbons (Fsp3) is 0.0667. The van der Waals surface area contributed by atoms with Gasteiger partial charge in [-0.2, -0.15) is 0 Å². The third kappa shape index (κ3) is 3.18. The van der Waals surface area contributed by atoms with Crippen LogP contribution in [0, 0.1) is 3.95 Å². The zero-order chi connectivity index (χ0) is 16.4. The first kappa shape index (κ1) is 15.3. The monoisotopic (exact) mass is 374 g/mol. The average Bonchev–Trinajstić information content (AvgIpc) is 3.34. The maximum absolute atomic E-state index is 5.58. The van der Waals surface area contributed by atoms with E-state index in [4.69, 9.17) is 21.1 Å². The summed E-state index contributed by atoms with van der Waals surface area (Å²) in [5.74, 6) is 1.96. The van der Waals surface area contributed by atoms with Crippen molar-refractivity contribution in [1.82, 2.24) is 20.0 Å². The van der Waals surface area contributed by atoms with E-state index in [2.05, 4.69) is 15.3 Å². The second-order valence-corrected chi connectivity index (χ2v) is 7.49. The normalized spacial score (nSPS) is 11.0. The maximum atomic E-state index is 5.58. The highest BCUT2D eigenvalue weighted by Crippen LogP contribution is 2.28. The molecule has 0 atom stereocenters. The zero-order valence-electron chi connectivity index (χ0n) is 12.2. The first-order chi connectivity index (χ1) is 11.8. The van der Waals surface area contributed by atoms with Gasteiger partial charge in [-0.3, -0.25) is 0 Å². The quantitative estimate of drug-likeness (QED) is 0.373. The van der Waals surface area contributed by atoms with E-state index in [0.29, 0.717) is 27.2 Å². The van der Waals surface area contributed by atoms with Crippen molar-refractivity contribution in [3.63, 3.8) is 0 Å². The summed E-state index contributed by atoms with van der Waals surface area (Å²) < 4.78 is 14.1. The number of aromatic nitrogens is 4. The van der Waals surface area contributed by atoms with Gasteiger partial charge in [0.25, 0.3) is 5.89 Å². The summed E-state index contributed by atoms with van der Waals surface area (Å²) >= 11 is 8.35. The van der Waals surface area contributed by atoms with Gasteiger partial charge in [0.1, 0.15) is 0 Å². The molecule has 0 amide bonds. The van der Waals surface area contributed by atoms with Gasteiger partial charge in [0, 0.05) is 0 Å². The van der Waals surface area contributed by atoms with Crippen LogP contribution in [-0.4, -0.2) is 20.0 Å². The SMILES string of the molecule is S=c1sc(SCc2nnc(-c3ccco3)o2)nn1-c1ccccc1. The second kappa shape index (κ2) is 6.71. The van der Waals surface area contributed by atoms with E-state index >= 15 is 0 Å². The van der Waals surface area contributed by atoms with Crippen molar-refractivity contribution in [2.45, 2.75) is 10.1 Å². The molecule has 0 aliphatic heterocycles. The second-order valence-electron chi connectivity index (χ2n) is 4.65. The third-order valence-corrected chi connectivity index (χ3v) is 5.40. The van der Waals surface area contributed by atoms with Gasteiger partial charge in [-0.15, -0.1) is 15.3 Å². The lowest BCUT2D eigenvalue weighted by Crippen LogP contribution is -1.95. The summed E-state index contributed by atoms with van der Waals surface area (Å²) in [5.41, 5.74) is 0.948. The van der Waals surface area contributed by atoms with E-state index in [1.807, 2.05) is 30.3 Å². The summed E-state index contributed by atoms with van der Waals surface area (Å²) in [7, 11) is 0. The highest BCUT2D eigenvalue weighted by atomic mass is 32.2. The van der Waals surface area contributed by atoms with E-state index < -0.39 is 0 Å². The lowest BCUT2D eigenvalue weighted by Gasteiger charge is -1.98. The molecule has 9 heteroatoms. The third-order valence-electron chi connectivity index (χ3n) is 3.05. The standard InChI is InChI=1S/C15H10N4O2S3/c22-15-19(10-5-2-1-3-6-10)18-14(24-15)23-9-12-16-17-13(21-12)11-7-4-8-20-11/h1-8H,9H2. The largest absolute Gasteiger partial charge is 0.459 e. The minimum atomic E-state index is 0.373. The van der Waals surface area contributed by atoms with Gasteiger partial charge >= 0.3 is 0 Å². The molecule has 0 unspecified atom stereocenters. The van der Waals surface area contributed by atoms with Crippen LogP contribution in [0.5, 0.6) is 0 Å². The van der Waals surface area contributed by atoms with Crippen LogP contribution in [0.3, 0.4) is 0 Å². The first-order valence-corrected chi connectivity index (χ1v) is 9.15. The molecule has 24 heavy (non-hydrogen) atoms. The summed E-state index contributed by atoms with van der Waals surface area (Å²) in [6.07, 6.45) is 1.57. The molecule has 4 aromatic rings. The van der Waals surface area contributed by atoms with Crippen LogP contribution in [0.15, 0.2) is 61.9 Å². The molecule has 120 valence electrons. The van der Waals surface area contributed by atoms with Crippen molar-refractivity contribution in [3.8, 4) is 17.3 Å². The van der Waals surface area contributed by atoms with Gasteiger partial charge in [0.15, 0.2) is 14.1 Å². The van der Waals surface area contributed by atoms with Crippen LogP contribution in [0.4, 0.5) is 0 Å². The number of benzene rings is 1. The van der Waals surface area contributed by atoms with Gasteiger partial charge in [-0.05, 0) is 36.5 Å². The van der Waals surface area contributed by atoms with Gasteiger partial charge in [0.05, 0.1) is 17.7 Å². The number of nitrogens with zero attached hydrogens (tertiary/aromatic N) is 4. The average molecular weight is 374 g/mol. The van der Waals surface area contributed by atoms with Crippen LogP contribution in [0.25, 0.3) is 17.3 Å². The Bertz CT molecular complexity index is 989. The van der Waals surface area contributed by atoms with Gasteiger partial charge in [-0.1, -0.05) is 41.3 Å². The van der Waals surface area contributed by atoms with E-state index in [1.54, 1.807) is 23.1 Å². The zero-order valence-corrected chi connectivity index (χ0v) is 14.6. The Hall–Kier alpha value is -2.23. The highest BCUT2D eigenvalue weighted by molar-refractivity contribution is 8.00. The van der Waals surface area contributed by atoms with Crippen molar-refractivity contribution in [3.05, 3.63) is 58.6 Å². The predicted octanol–water partition coefficient (Wildman–Crippen LogP) is 4.60. The minimum absolute atomic E-state index is 0.373. The molecule has 0 aliphatic carbocycles. The molecule has 0 aliphatic rings. The molecule has 0 fully saturated rings. The molecule has 0 spiro atoms. The fourth-order valence-corrected chi connectivity index (χ4v) is 4.18. The Kier molecular flexibility index (Phi) is 4.28. The van der Waals surface area contributed by atoms with E-state index in [9.17, 15) is 0 Å². The Morgan fingerprint density at radius 3 is 2.79 bits per heavy atom. The van der Waals surface area contributed by atoms with Crippen molar-refractivity contribution < 1.29 is 8.83 Å². The summed E-state index contributed by atoms with van der Waals surface area (Å²) in [4.78, 5) is 0. The smallest absolute Gasteiger partial charge is 0.283 e. The molecule has 1 aromatic carbocycles. The van der Waals surface area contributed by atoms with Gasteiger partial charge in [0.2, 0.25) is 5.89 Å². The van der Waals surface area contributed by atoms with E-state index in [1.165, 1.54) is 23.1 Å². The number of hydrogen-bond acceptors (Lipinski definition) is 8. The number of para-hydroxylation sites is 1. The Morgan fingerprint density at radius 2 is 2.00 bits per heavy atom. The Balaban J connectivity index is 1.48. The van der Waals surface area contributed by atoms with Crippen molar-refractivity contribution in [2.24, 2.45) is 0 Å². The summed E-state index contributed by atoms with van der Waals surface area (Å²) in [6, 6.07) is 13.4. The summed E-state index contributed by atoms with van der Waals surface area (Å²) in [6.45, 7) is 0. The fourth-order valence-electron chi connectivity index (χ4n) is 1.99. The summed E-state index contributed by atoms with van der Waals surface area (Å²) in [5, 5.41) is 12.5. The van der Waals surface area contributed by atoms with Crippen LogP contribution >= 0.6 is 35.3 Å². The van der Waals surface area contributed by atoms with Crippen molar-refractivity contribution in [1.29, 1.82) is 0 Å². The van der Waals surface area contributed by atoms with Crippen molar-refractivity contribution in [2.75, 3.05) is 0 Å². The minimum Gasteiger partial charge on any atom is -0.459 e. The molecule has 3 aromatic heterocycles. The molecule has 0 saturated carbocycles. The molecule has 3 heterocycles. The first-order valence-electron chi connectivity index (χ1n) is 6.94. The lowest BCUT2D eigenvalue weighted by atomic mass is 10.3. The molecule has 0 bridgehead atoms. The lowest BCUT2D eigenvalue weighted by molar-refractivity contribution is 0.494. The van der Waals surface area contributed by atoms with Crippen LogP contribution < -0.4 is 0 Å². The molecule has 0 N–H and O–H groups in total. The number of hydrogen-bond donors (Lipinski definition) is 0. The van der Waals surface area contributed by atoms with Crippen molar-refractivity contribution >= 4 is 35.3 Å². The number of thioether (sulfide) groups is 1. The van der Waals surface area contributed by atoms with E-state index in [0.717, 1.165) is 10.0 Å². The topological polar surface area (TPSA) is 69.9 Å². The van der Waals surface area contributed by atoms with Crippen LogP contribution in [0.2, 0.25) is 0 Å². The number of rotatable bonds is 5. The molecular formula is C15H10N4O2S3.